The van der Waals surface area contributed by atoms with Gasteiger partial charge in [0.15, 0.2) is 0 Å². The number of alkyl halides is 3. The van der Waals surface area contributed by atoms with Crippen molar-refractivity contribution in [1.29, 1.82) is 0 Å². The van der Waals surface area contributed by atoms with Crippen molar-refractivity contribution in [2.45, 2.75) is 6.18 Å². The Morgan fingerprint density at radius 2 is 2.18 bits per heavy atom. The average Bonchev–Trinajstić information content (AvgIpc) is 1.86. The molecular formula is C5H6F3NO2. The van der Waals surface area contributed by atoms with Crippen molar-refractivity contribution < 1.29 is 22.7 Å². The van der Waals surface area contributed by atoms with Crippen LogP contribution in [-0.2, 0) is 4.74 Å². The summed E-state index contributed by atoms with van der Waals surface area (Å²) in [6, 6.07) is 0. The molecule has 1 amide bonds. The van der Waals surface area contributed by atoms with Crippen molar-refractivity contribution in [1.82, 2.24) is 5.32 Å². The summed E-state index contributed by atoms with van der Waals surface area (Å²) >= 11 is 0. The standard InChI is InChI=1S/C5H6F3NO2/c6-5(7,8)3-1-9-4(10)11-2-3/h3H,1-2H2,(H,9,10). The molecule has 1 aliphatic heterocycles. The Hall–Kier alpha value is -0.940. The molecule has 1 saturated heterocycles. The molecule has 0 saturated carbocycles. The van der Waals surface area contributed by atoms with Crippen molar-refractivity contribution in [2.24, 2.45) is 5.92 Å². The maximum Gasteiger partial charge on any atom is 0.407 e. The Labute approximate surface area is 60.5 Å². The van der Waals surface area contributed by atoms with Crippen LogP contribution < -0.4 is 5.32 Å². The van der Waals surface area contributed by atoms with Crippen molar-refractivity contribution in [3.8, 4) is 0 Å². The van der Waals surface area contributed by atoms with Crippen LogP contribution in [0, 0.1) is 5.92 Å². The Bertz CT molecular complexity index is 158. The van der Waals surface area contributed by atoms with Crippen LogP contribution in [0.25, 0.3) is 0 Å². The van der Waals surface area contributed by atoms with E-state index < -0.39 is 24.8 Å². The second kappa shape index (κ2) is 2.60. The molecule has 0 aromatic carbocycles. The van der Waals surface area contributed by atoms with Crippen molar-refractivity contribution in [3.63, 3.8) is 0 Å². The fourth-order valence-corrected chi connectivity index (χ4v) is 0.703. The SMILES string of the molecule is O=C1NCC(C(F)(F)F)CO1. The van der Waals surface area contributed by atoms with E-state index in [2.05, 4.69) is 4.74 Å². The first-order chi connectivity index (χ1) is 5.00. The first kappa shape index (κ1) is 8.16. The summed E-state index contributed by atoms with van der Waals surface area (Å²) in [5.41, 5.74) is 0. The Balaban J connectivity index is 2.45. The second-order valence-electron chi connectivity index (χ2n) is 2.22. The summed E-state index contributed by atoms with van der Waals surface area (Å²) in [6.07, 6.45) is -5.07. The van der Waals surface area contributed by atoms with Gasteiger partial charge in [-0.15, -0.1) is 0 Å². The van der Waals surface area contributed by atoms with E-state index in [4.69, 9.17) is 0 Å². The molecule has 6 heteroatoms. The normalized spacial score (nSPS) is 25.7. The number of hydrogen-bond acceptors (Lipinski definition) is 2. The molecule has 0 spiro atoms. The first-order valence-corrected chi connectivity index (χ1v) is 2.97. The van der Waals surface area contributed by atoms with Crippen LogP contribution in [0.5, 0.6) is 0 Å². The number of cyclic esters (lactones) is 1. The summed E-state index contributed by atoms with van der Waals surface area (Å²) in [6.45, 7) is -0.961. The van der Waals surface area contributed by atoms with Gasteiger partial charge in [0.1, 0.15) is 12.5 Å². The third kappa shape index (κ3) is 1.99. The molecule has 1 heterocycles. The number of halogens is 3. The minimum atomic E-state index is -4.28. The van der Waals surface area contributed by atoms with E-state index in [0.717, 1.165) is 0 Å². The van der Waals surface area contributed by atoms with E-state index in [0.29, 0.717) is 0 Å². The molecule has 0 aromatic heterocycles. The lowest BCUT2D eigenvalue weighted by atomic mass is 10.1. The summed E-state index contributed by atoms with van der Waals surface area (Å²) in [5, 5.41) is 1.96. The van der Waals surface area contributed by atoms with Gasteiger partial charge in [-0.25, -0.2) is 4.79 Å². The number of ether oxygens (including phenoxy) is 1. The maximum absolute atomic E-state index is 11.8. The van der Waals surface area contributed by atoms with Crippen LogP contribution in [0.15, 0.2) is 0 Å². The van der Waals surface area contributed by atoms with Crippen LogP contribution in [0.1, 0.15) is 0 Å². The Kier molecular flexibility index (Phi) is 1.92. The lowest BCUT2D eigenvalue weighted by molar-refractivity contribution is -0.186. The van der Waals surface area contributed by atoms with Gasteiger partial charge in [-0.1, -0.05) is 0 Å². The monoisotopic (exact) mass is 169 g/mol. The summed E-state index contributed by atoms with van der Waals surface area (Å²) in [4.78, 5) is 10.2. The lowest BCUT2D eigenvalue weighted by Crippen LogP contribution is -2.45. The molecule has 0 aromatic rings. The molecule has 0 aliphatic carbocycles. The van der Waals surface area contributed by atoms with E-state index in [1.807, 2.05) is 5.32 Å². The van der Waals surface area contributed by atoms with Crippen LogP contribution >= 0.6 is 0 Å². The molecule has 64 valence electrons. The van der Waals surface area contributed by atoms with Gasteiger partial charge in [0, 0.05) is 6.54 Å². The fraction of sp³-hybridized carbons (Fsp3) is 0.800. The number of rotatable bonds is 0. The number of carbonyl (C=O) groups excluding carboxylic acids is 1. The van der Waals surface area contributed by atoms with Gasteiger partial charge in [0.05, 0.1) is 0 Å². The van der Waals surface area contributed by atoms with E-state index in [1.165, 1.54) is 0 Å². The quantitative estimate of drug-likeness (QED) is 0.585. The minimum Gasteiger partial charge on any atom is -0.449 e. The fourth-order valence-electron chi connectivity index (χ4n) is 0.703. The highest BCUT2D eigenvalue weighted by molar-refractivity contribution is 5.67. The Morgan fingerprint density at radius 1 is 1.55 bits per heavy atom. The van der Waals surface area contributed by atoms with Crippen LogP contribution in [0.3, 0.4) is 0 Å². The molecule has 11 heavy (non-hydrogen) atoms. The molecule has 1 aliphatic rings. The highest BCUT2D eigenvalue weighted by Crippen LogP contribution is 2.27. The predicted octanol–water partition coefficient (Wildman–Crippen LogP) is 0.905. The molecule has 3 nitrogen and oxygen atoms in total. The third-order valence-electron chi connectivity index (χ3n) is 1.37. The zero-order valence-corrected chi connectivity index (χ0v) is 5.44. The Morgan fingerprint density at radius 3 is 2.55 bits per heavy atom. The van der Waals surface area contributed by atoms with Gasteiger partial charge in [-0.3, -0.25) is 0 Å². The average molecular weight is 169 g/mol. The first-order valence-electron chi connectivity index (χ1n) is 2.97. The lowest BCUT2D eigenvalue weighted by Gasteiger charge is -2.24. The van der Waals surface area contributed by atoms with E-state index in [9.17, 15) is 18.0 Å². The van der Waals surface area contributed by atoms with Gasteiger partial charge < -0.3 is 10.1 Å². The van der Waals surface area contributed by atoms with Crippen molar-refractivity contribution in [3.05, 3.63) is 0 Å². The van der Waals surface area contributed by atoms with Gasteiger partial charge in [0.25, 0.3) is 0 Å². The molecule has 1 N–H and O–H groups in total. The van der Waals surface area contributed by atoms with E-state index >= 15 is 0 Å². The zero-order valence-electron chi connectivity index (χ0n) is 5.44. The molecule has 1 atom stereocenters. The van der Waals surface area contributed by atoms with Gasteiger partial charge in [-0.05, 0) is 0 Å². The third-order valence-corrected chi connectivity index (χ3v) is 1.37. The molecule has 0 radical (unpaired) electrons. The maximum atomic E-state index is 11.8. The van der Waals surface area contributed by atoms with Crippen molar-refractivity contribution >= 4 is 6.09 Å². The largest absolute Gasteiger partial charge is 0.449 e. The van der Waals surface area contributed by atoms with Crippen molar-refractivity contribution in [2.75, 3.05) is 13.2 Å². The highest BCUT2D eigenvalue weighted by atomic mass is 19.4. The molecular weight excluding hydrogens is 163 g/mol. The molecule has 0 bridgehead atoms. The number of nitrogens with one attached hydrogen (secondary N) is 1. The van der Waals surface area contributed by atoms with Crippen LogP contribution in [0.2, 0.25) is 0 Å². The van der Waals surface area contributed by atoms with E-state index in [-0.39, 0.29) is 6.54 Å². The summed E-state index contributed by atoms with van der Waals surface area (Å²) < 4.78 is 39.7. The van der Waals surface area contributed by atoms with Crippen LogP contribution in [-0.4, -0.2) is 25.4 Å². The molecule has 1 unspecified atom stereocenters. The topological polar surface area (TPSA) is 38.3 Å². The number of carbonyl (C=O) groups is 1. The van der Waals surface area contributed by atoms with Gasteiger partial charge >= 0.3 is 12.3 Å². The van der Waals surface area contributed by atoms with E-state index in [1.54, 1.807) is 0 Å². The summed E-state index contributed by atoms with van der Waals surface area (Å²) in [7, 11) is 0. The smallest absolute Gasteiger partial charge is 0.407 e. The van der Waals surface area contributed by atoms with Crippen LogP contribution in [0.4, 0.5) is 18.0 Å². The number of alkyl carbamates (subject to hydrolysis) is 1. The zero-order chi connectivity index (χ0) is 8.48. The predicted molar refractivity (Wildman–Crippen MR) is 28.9 cm³/mol. The minimum absolute atomic E-state index is 0.387. The second-order valence-corrected chi connectivity index (χ2v) is 2.22. The molecule has 1 fully saturated rings. The van der Waals surface area contributed by atoms with Gasteiger partial charge in [0.2, 0.25) is 0 Å². The highest BCUT2D eigenvalue weighted by Gasteiger charge is 2.42. The summed E-state index contributed by atoms with van der Waals surface area (Å²) in [5.74, 6) is -1.57. The number of hydrogen-bond donors (Lipinski definition) is 1. The molecule has 1 rings (SSSR count). The van der Waals surface area contributed by atoms with Gasteiger partial charge in [-0.2, -0.15) is 13.2 Å². The number of amides is 1.